The van der Waals surface area contributed by atoms with Crippen molar-refractivity contribution in [1.82, 2.24) is 14.9 Å². The molecular weight excluding hydrogens is 356 g/mol. The number of halogens is 2. The molecule has 11 heteroatoms. The van der Waals surface area contributed by atoms with Gasteiger partial charge in [0.1, 0.15) is 10.6 Å². The number of sulfonamides is 1. The fourth-order valence-electron chi connectivity index (χ4n) is 2.42. The number of hydrogen-bond acceptors (Lipinski definition) is 6. The van der Waals surface area contributed by atoms with Crippen molar-refractivity contribution in [2.24, 2.45) is 4.99 Å². The highest BCUT2D eigenvalue weighted by molar-refractivity contribution is 7.90. The lowest BCUT2D eigenvalue weighted by molar-refractivity contribution is 0.405. The Morgan fingerprint density at radius 3 is 2.80 bits per heavy atom. The summed E-state index contributed by atoms with van der Waals surface area (Å²) in [6.45, 7) is 0. The maximum atomic E-state index is 13.5. The number of anilines is 1. The van der Waals surface area contributed by atoms with Crippen LogP contribution in [0.4, 0.5) is 20.2 Å². The second-order valence-electron chi connectivity index (χ2n) is 5.23. The number of aromatic nitrogens is 2. The van der Waals surface area contributed by atoms with Gasteiger partial charge in [0.25, 0.3) is 10.0 Å². The summed E-state index contributed by atoms with van der Waals surface area (Å²) in [5, 5.41) is 19.9. The van der Waals surface area contributed by atoms with Gasteiger partial charge in [0.15, 0.2) is 11.6 Å². The molecule has 0 bridgehead atoms. The van der Waals surface area contributed by atoms with E-state index >= 15 is 0 Å². The average molecular weight is 365 g/mol. The van der Waals surface area contributed by atoms with Crippen molar-refractivity contribution >= 4 is 38.3 Å². The van der Waals surface area contributed by atoms with Crippen LogP contribution in [0.1, 0.15) is 0 Å². The minimum absolute atomic E-state index is 0.271. The predicted octanol–water partition coefficient (Wildman–Crippen LogP) is 1.94. The highest BCUT2D eigenvalue weighted by atomic mass is 32.2. The molecule has 0 spiro atoms. The molecule has 128 valence electrons. The van der Waals surface area contributed by atoms with Gasteiger partial charge >= 0.3 is 0 Å². The first kappa shape index (κ1) is 15.3. The SMILES string of the molecule is O=S1(=O)NC(Nc2ccc3cn[nH]c3c2)=Nc2c1cc(F)c(F)c2O. The Kier molecular flexibility index (Phi) is 3.15. The van der Waals surface area contributed by atoms with Gasteiger partial charge in [-0.15, -0.1) is 0 Å². The molecular formula is C14H9F2N5O3S. The van der Waals surface area contributed by atoms with E-state index in [1.165, 1.54) is 0 Å². The first-order valence-electron chi connectivity index (χ1n) is 6.88. The maximum absolute atomic E-state index is 13.5. The highest BCUT2D eigenvalue weighted by Gasteiger charge is 2.31. The molecule has 0 atom stereocenters. The number of hydrogen-bond donors (Lipinski definition) is 4. The van der Waals surface area contributed by atoms with Gasteiger partial charge in [0.2, 0.25) is 11.8 Å². The number of aliphatic imine (C=N–C) groups is 1. The molecule has 0 aliphatic carbocycles. The molecule has 25 heavy (non-hydrogen) atoms. The van der Waals surface area contributed by atoms with E-state index < -0.39 is 38.0 Å². The van der Waals surface area contributed by atoms with Gasteiger partial charge in [0.05, 0.1) is 11.7 Å². The van der Waals surface area contributed by atoms with Gasteiger partial charge in [0, 0.05) is 11.1 Å². The van der Waals surface area contributed by atoms with Crippen molar-refractivity contribution in [1.29, 1.82) is 0 Å². The van der Waals surface area contributed by atoms with E-state index in [4.69, 9.17) is 0 Å². The van der Waals surface area contributed by atoms with Crippen LogP contribution in [0.15, 0.2) is 40.4 Å². The zero-order valence-electron chi connectivity index (χ0n) is 12.2. The number of phenols is 1. The summed E-state index contributed by atoms with van der Waals surface area (Å²) >= 11 is 0. The van der Waals surface area contributed by atoms with E-state index in [2.05, 4.69) is 25.2 Å². The van der Waals surface area contributed by atoms with Crippen LogP contribution < -0.4 is 10.0 Å². The van der Waals surface area contributed by atoms with Crippen LogP contribution in [0, 0.1) is 11.6 Å². The number of nitrogens with one attached hydrogen (secondary N) is 3. The lowest BCUT2D eigenvalue weighted by Crippen LogP contribution is -2.38. The third-order valence-corrected chi connectivity index (χ3v) is 4.93. The summed E-state index contributed by atoms with van der Waals surface area (Å²) in [6, 6.07) is 5.50. The first-order valence-corrected chi connectivity index (χ1v) is 8.36. The molecule has 1 aliphatic rings. The van der Waals surface area contributed by atoms with Crippen molar-refractivity contribution in [3.8, 4) is 5.75 Å². The molecule has 0 unspecified atom stereocenters. The van der Waals surface area contributed by atoms with Crippen LogP contribution in [0.3, 0.4) is 0 Å². The van der Waals surface area contributed by atoms with Crippen LogP contribution in [0.5, 0.6) is 5.75 Å². The van der Waals surface area contributed by atoms with E-state index in [-0.39, 0.29) is 5.96 Å². The number of rotatable bonds is 1. The monoisotopic (exact) mass is 365 g/mol. The van der Waals surface area contributed by atoms with Crippen LogP contribution in [-0.4, -0.2) is 29.7 Å². The number of H-pyrrole nitrogens is 1. The number of aromatic amines is 1. The smallest absolute Gasteiger partial charge is 0.266 e. The third-order valence-electron chi connectivity index (χ3n) is 3.58. The molecule has 8 nitrogen and oxygen atoms in total. The number of phenolic OH excluding ortho intramolecular Hbond substituents is 1. The Balaban J connectivity index is 1.80. The summed E-state index contributed by atoms with van der Waals surface area (Å²) in [5.41, 5.74) is 0.576. The van der Waals surface area contributed by atoms with E-state index in [0.29, 0.717) is 17.3 Å². The Morgan fingerprint density at radius 1 is 1.20 bits per heavy atom. The van der Waals surface area contributed by atoms with Crippen LogP contribution >= 0.6 is 0 Å². The van der Waals surface area contributed by atoms with Crippen LogP contribution in [0.25, 0.3) is 10.9 Å². The Labute approximate surface area is 139 Å². The second kappa shape index (κ2) is 5.14. The molecule has 1 aliphatic heterocycles. The minimum Gasteiger partial charge on any atom is -0.503 e. The van der Waals surface area contributed by atoms with Crippen molar-refractivity contribution < 1.29 is 22.3 Å². The summed E-state index contributed by atoms with van der Waals surface area (Å²) in [4.78, 5) is 3.18. The normalized spacial score (nSPS) is 15.4. The topological polar surface area (TPSA) is 119 Å². The zero-order valence-corrected chi connectivity index (χ0v) is 13.0. The standard InChI is InChI=1S/C14H9F2N5O3S/c15-8-4-10-12(13(22)11(8)16)19-14(21-25(10,23)24)18-7-2-1-6-5-17-20-9(6)3-7/h1-5,22H,(H,17,20)(H2,18,19,21). The molecule has 3 aromatic rings. The number of nitrogens with zero attached hydrogens (tertiary/aromatic N) is 2. The summed E-state index contributed by atoms with van der Waals surface area (Å²) < 4.78 is 53.4. The molecule has 4 N–H and O–H groups in total. The number of aromatic hydroxyl groups is 1. The first-order chi connectivity index (χ1) is 11.8. The molecule has 0 saturated carbocycles. The summed E-state index contributed by atoms with van der Waals surface area (Å²) in [5.74, 6) is -4.51. The van der Waals surface area contributed by atoms with E-state index in [0.717, 1.165) is 5.39 Å². The average Bonchev–Trinajstić information content (AvgIpc) is 3.01. The molecule has 0 fully saturated rings. The van der Waals surface area contributed by atoms with Gasteiger partial charge in [-0.2, -0.15) is 9.49 Å². The lowest BCUT2D eigenvalue weighted by Gasteiger charge is -2.19. The quantitative estimate of drug-likeness (QED) is 0.525. The van der Waals surface area contributed by atoms with E-state index in [1.807, 2.05) is 0 Å². The minimum atomic E-state index is -4.23. The number of guanidine groups is 1. The van der Waals surface area contributed by atoms with Gasteiger partial charge in [-0.05, 0) is 24.3 Å². The summed E-state index contributed by atoms with van der Waals surface area (Å²) in [6.07, 6.45) is 1.62. The highest BCUT2D eigenvalue weighted by Crippen LogP contribution is 2.39. The van der Waals surface area contributed by atoms with Crippen LogP contribution in [-0.2, 0) is 10.0 Å². The van der Waals surface area contributed by atoms with Gasteiger partial charge in [-0.25, -0.2) is 22.5 Å². The molecule has 1 aromatic heterocycles. The van der Waals surface area contributed by atoms with Crippen molar-refractivity contribution in [3.05, 3.63) is 42.1 Å². The predicted molar refractivity (Wildman–Crippen MR) is 85.2 cm³/mol. The third kappa shape index (κ3) is 2.45. The molecule has 0 amide bonds. The molecule has 0 radical (unpaired) electrons. The molecule has 0 saturated heterocycles. The van der Waals surface area contributed by atoms with Crippen molar-refractivity contribution in [2.45, 2.75) is 4.90 Å². The zero-order chi connectivity index (χ0) is 17.8. The second-order valence-corrected chi connectivity index (χ2v) is 6.88. The Bertz CT molecular complexity index is 1160. The van der Waals surface area contributed by atoms with Crippen molar-refractivity contribution in [3.63, 3.8) is 0 Å². The molecule has 4 rings (SSSR count). The number of fused-ring (bicyclic) bond motifs is 2. The van der Waals surface area contributed by atoms with E-state index in [1.54, 1.807) is 24.4 Å². The van der Waals surface area contributed by atoms with Crippen LogP contribution in [0.2, 0.25) is 0 Å². The molecule has 2 aromatic carbocycles. The van der Waals surface area contributed by atoms with Gasteiger partial charge in [-0.1, -0.05) is 0 Å². The molecule has 2 heterocycles. The Morgan fingerprint density at radius 2 is 2.00 bits per heavy atom. The Hall–Kier alpha value is -3.21. The fourth-order valence-corrected chi connectivity index (χ4v) is 3.53. The fraction of sp³-hybridized carbons (Fsp3) is 0. The van der Waals surface area contributed by atoms with Crippen molar-refractivity contribution in [2.75, 3.05) is 5.32 Å². The summed E-state index contributed by atoms with van der Waals surface area (Å²) in [7, 11) is -4.23. The van der Waals surface area contributed by atoms with Gasteiger partial charge in [-0.3, -0.25) is 5.10 Å². The number of benzene rings is 2. The lowest BCUT2D eigenvalue weighted by atomic mass is 10.2. The maximum Gasteiger partial charge on any atom is 0.266 e. The van der Waals surface area contributed by atoms with Gasteiger partial charge < -0.3 is 10.4 Å². The van der Waals surface area contributed by atoms with E-state index in [9.17, 15) is 22.3 Å². The largest absolute Gasteiger partial charge is 0.503 e.